The van der Waals surface area contributed by atoms with Crippen molar-refractivity contribution >= 4 is 17.8 Å². The number of carboxylic acids is 1. The van der Waals surface area contributed by atoms with E-state index in [-0.39, 0.29) is 11.8 Å². The van der Waals surface area contributed by atoms with Crippen LogP contribution < -0.4 is 0 Å². The summed E-state index contributed by atoms with van der Waals surface area (Å²) in [5.74, 6) is -1.03. The molecule has 0 radical (unpaired) electrons. The highest BCUT2D eigenvalue weighted by molar-refractivity contribution is 5.91. The molecule has 0 aromatic heterocycles. The van der Waals surface area contributed by atoms with Crippen LogP contribution in [0.1, 0.15) is 122 Å². The Morgan fingerprint density at radius 2 is 1.16 bits per heavy atom. The van der Waals surface area contributed by atoms with Gasteiger partial charge in [-0.1, -0.05) is 84.0 Å². The summed E-state index contributed by atoms with van der Waals surface area (Å²) in [5.41, 5.74) is 0. The second-order valence-electron chi connectivity index (χ2n) is 9.77. The van der Waals surface area contributed by atoms with Gasteiger partial charge in [-0.15, -0.1) is 0 Å². The van der Waals surface area contributed by atoms with E-state index in [0.717, 1.165) is 25.7 Å². The number of nitrogens with zero attached hydrogens (tertiary/aromatic N) is 2. The van der Waals surface area contributed by atoms with E-state index >= 15 is 0 Å². The summed E-state index contributed by atoms with van der Waals surface area (Å²) in [4.78, 5) is 40.3. The van der Waals surface area contributed by atoms with E-state index in [2.05, 4.69) is 6.92 Å². The molecule has 184 valence electrons. The van der Waals surface area contributed by atoms with Gasteiger partial charge < -0.3 is 14.9 Å². The SMILES string of the molecule is CCCCCCCCCCCCCCCC(=O)N1CCC[C@H]1C(=O)N1CCCC1C(=O)O. The van der Waals surface area contributed by atoms with Crippen LogP contribution in [0.2, 0.25) is 0 Å². The topological polar surface area (TPSA) is 77.9 Å². The Labute approximate surface area is 195 Å². The number of unbranched alkanes of at least 4 members (excludes halogenated alkanes) is 12. The maximum Gasteiger partial charge on any atom is 0.326 e. The van der Waals surface area contributed by atoms with Crippen LogP contribution in [0.25, 0.3) is 0 Å². The number of carbonyl (C=O) groups is 3. The Kier molecular flexibility index (Phi) is 12.7. The monoisotopic (exact) mass is 450 g/mol. The molecule has 6 heteroatoms. The van der Waals surface area contributed by atoms with Crippen LogP contribution in [0.15, 0.2) is 0 Å². The molecule has 2 atom stereocenters. The van der Waals surface area contributed by atoms with Crippen molar-refractivity contribution in [2.45, 2.75) is 135 Å². The van der Waals surface area contributed by atoms with Crippen molar-refractivity contribution in [1.82, 2.24) is 9.80 Å². The molecular formula is C26H46N2O4. The number of hydrogen-bond donors (Lipinski definition) is 1. The zero-order valence-corrected chi connectivity index (χ0v) is 20.4. The Morgan fingerprint density at radius 3 is 1.69 bits per heavy atom. The fourth-order valence-electron chi connectivity index (χ4n) is 5.24. The van der Waals surface area contributed by atoms with Gasteiger partial charge in [-0.2, -0.15) is 0 Å². The minimum Gasteiger partial charge on any atom is -0.480 e. The van der Waals surface area contributed by atoms with E-state index in [1.807, 2.05) is 0 Å². The van der Waals surface area contributed by atoms with Crippen LogP contribution in [-0.2, 0) is 14.4 Å². The fraction of sp³-hybridized carbons (Fsp3) is 0.885. The highest BCUT2D eigenvalue weighted by Gasteiger charge is 2.41. The third kappa shape index (κ3) is 8.74. The molecule has 32 heavy (non-hydrogen) atoms. The van der Waals surface area contributed by atoms with Gasteiger partial charge in [0.05, 0.1) is 0 Å². The molecule has 0 saturated carbocycles. The van der Waals surface area contributed by atoms with Crippen molar-refractivity contribution in [3.63, 3.8) is 0 Å². The third-order valence-electron chi connectivity index (χ3n) is 7.17. The lowest BCUT2D eigenvalue weighted by molar-refractivity contribution is -0.151. The van der Waals surface area contributed by atoms with E-state index in [1.54, 1.807) is 4.90 Å². The molecule has 0 aromatic carbocycles. The van der Waals surface area contributed by atoms with Crippen molar-refractivity contribution < 1.29 is 19.5 Å². The number of hydrogen-bond acceptors (Lipinski definition) is 3. The maximum absolute atomic E-state index is 12.9. The summed E-state index contributed by atoms with van der Waals surface area (Å²) in [7, 11) is 0. The van der Waals surface area contributed by atoms with E-state index in [9.17, 15) is 19.5 Å². The largest absolute Gasteiger partial charge is 0.480 e. The van der Waals surface area contributed by atoms with Crippen molar-refractivity contribution in [2.75, 3.05) is 13.1 Å². The summed E-state index contributed by atoms with van der Waals surface area (Å²) in [5, 5.41) is 9.36. The normalized spacial score (nSPS) is 20.8. The number of aliphatic carboxylic acids is 1. The average molecular weight is 451 g/mol. The lowest BCUT2D eigenvalue weighted by Crippen LogP contribution is -2.50. The molecule has 2 saturated heterocycles. The Hall–Kier alpha value is -1.59. The lowest BCUT2D eigenvalue weighted by Gasteiger charge is -2.30. The summed E-state index contributed by atoms with van der Waals surface area (Å²) >= 11 is 0. The van der Waals surface area contributed by atoms with E-state index in [0.29, 0.717) is 32.4 Å². The first-order valence-corrected chi connectivity index (χ1v) is 13.4. The Morgan fingerprint density at radius 1 is 0.688 bits per heavy atom. The quantitative estimate of drug-likeness (QED) is 0.313. The van der Waals surface area contributed by atoms with Crippen LogP contribution in [0.5, 0.6) is 0 Å². The Bertz CT molecular complexity index is 580. The van der Waals surface area contributed by atoms with Gasteiger partial charge in [0.2, 0.25) is 11.8 Å². The van der Waals surface area contributed by atoms with E-state index in [1.165, 1.54) is 75.5 Å². The molecule has 1 N–H and O–H groups in total. The molecule has 2 rings (SSSR count). The first kappa shape index (κ1) is 26.7. The van der Waals surface area contributed by atoms with Gasteiger partial charge in [0, 0.05) is 19.5 Å². The molecule has 2 aliphatic rings. The number of likely N-dealkylation sites (tertiary alicyclic amines) is 2. The van der Waals surface area contributed by atoms with Gasteiger partial charge in [0.25, 0.3) is 0 Å². The minimum atomic E-state index is -0.932. The second kappa shape index (κ2) is 15.3. The first-order valence-electron chi connectivity index (χ1n) is 13.4. The molecule has 0 spiro atoms. The molecule has 0 bridgehead atoms. The van der Waals surface area contributed by atoms with Gasteiger partial charge >= 0.3 is 5.97 Å². The molecule has 0 aliphatic carbocycles. The number of carbonyl (C=O) groups excluding carboxylic acids is 2. The van der Waals surface area contributed by atoms with Crippen LogP contribution in [-0.4, -0.2) is 57.9 Å². The lowest BCUT2D eigenvalue weighted by atomic mass is 10.0. The second-order valence-corrected chi connectivity index (χ2v) is 9.77. The first-order chi connectivity index (χ1) is 15.6. The van der Waals surface area contributed by atoms with Gasteiger partial charge in [-0.25, -0.2) is 4.79 Å². The molecule has 0 aromatic rings. The third-order valence-corrected chi connectivity index (χ3v) is 7.17. The van der Waals surface area contributed by atoms with Crippen LogP contribution in [0, 0.1) is 0 Å². The highest BCUT2D eigenvalue weighted by Crippen LogP contribution is 2.26. The molecule has 2 aliphatic heterocycles. The predicted molar refractivity (Wildman–Crippen MR) is 127 cm³/mol. The van der Waals surface area contributed by atoms with Crippen LogP contribution in [0.4, 0.5) is 0 Å². The number of rotatable bonds is 16. The predicted octanol–water partition coefficient (Wildman–Crippen LogP) is 5.53. The molecule has 6 nitrogen and oxygen atoms in total. The summed E-state index contributed by atoms with van der Waals surface area (Å²) in [6.45, 7) is 3.37. The van der Waals surface area contributed by atoms with Gasteiger partial charge in [0.1, 0.15) is 12.1 Å². The summed E-state index contributed by atoms with van der Waals surface area (Å²) in [6.07, 6.45) is 19.8. The fourth-order valence-corrected chi connectivity index (χ4v) is 5.24. The smallest absolute Gasteiger partial charge is 0.326 e. The molecule has 1 unspecified atom stereocenters. The Balaban J connectivity index is 1.55. The average Bonchev–Trinajstić information content (AvgIpc) is 3.46. The van der Waals surface area contributed by atoms with Crippen molar-refractivity contribution in [3.05, 3.63) is 0 Å². The van der Waals surface area contributed by atoms with Crippen molar-refractivity contribution in [1.29, 1.82) is 0 Å². The molecule has 2 heterocycles. The van der Waals surface area contributed by atoms with E-state index in [4.69, 9.17) is 0 Å². The van der Waals surface area contributed by atoms with Gasteiger partial charge in [0.15, 0.2) is 0 Å². The van der Waals surface area contributed by atoms with Gasteiger partial charge in [-0.05, 0) is 32.1 Å². The molecule has 2 amide bonds. The molecular weight excluding hydrogens is 404 g/mol. The standard InChI is InChI=1S/C26H46N2O4/c1-2-3-4-5-6-7-8-9-10-11-12-13-14-19-24(29)27-20-15-17-22(27)25(30)28-21-16-18-23(28)26(31)32/h22-23H,2-21H2,1H3,(H,31,32)/t22-,23?/m0/s1. The number of carboxylic acid groups (broad SMARTS) is 1. The maximum atomic E-state index is 12.9. The number of amides is 2. The summed E-state index contributed by atoms with van der Waals surface area (Å²) in [6, 6.07) is -1.18. The zero-order chi connectivity index (χ0) is 23.2. The van der Waals surface area contributed by atoms with E-state index < -0.39 is 18.1 Å². The minimum absolute atomic E-state index is 0.0648. The van der Waals surface area contributed by atoms with Gasteiger partial charge in [-0.3, -0.25) is 9.59 Å². The van der Waals surface area contributed by atoms with Crippen molar-refractivity contribution in [3.8, 4) is 0 Å². The molecule has 2 fully saturated rings. The summed E-state index contributed by atoms with van der Waals surface area (Å²) < 4.78 is 0. The van der Waals surface area contributed by atoms with Crippen LogP contribution in [0.3, 0.4) is 0 Å². The zero-order valence-electron chi connectivity index (χ0n) is 20.4. The van der Waals surface area contributed by atoms with Crippen LogP contribution >= 0.6 is 0 Å². The highest BCUT2D eigenvalue weighted by atomic mass is 16.4. The van der Waals surface area contributed by atoms with Crippen molar-refractivity contribution in [2.24, 2.45) is 0 Å².